The number of nitriles is 1. The molecule has 0 bridgehead atoms. The van der Waals surface area contributed by atoms with Crippen molar-refractivity contribution in [1.29, 1.82) is 5.26 Å². The maximum absolute atomic E-state index is 12.7. The summed E-state index contributed by atoms with van der Waals surface area (Å²) in [5.41, 5.74) is 3.39. The highest BCUT2D eigenvalue weighted by Gasteiger charge is 2.19. The molecule has 164 valence electrons. The SMILES string of the molecule is N#Cc1cc(NC(=O)c2ccn(-c3ccc(Cl)cc3)c2)ccc1N1CCN(CCO)CC1. The van der Waals surface area contributed by atoms with Crippen LogP contribution in [0.2, 0.25) is 5.02 Å². The first kappa shape index (κ1) is 21.9. The summed E-state index contributed by atoms with van der Waals surface area (Å²) in [6.45, 7) is 4.09. The Morgan fingerprint density at radius 2 is 1.84 bits per heavy atom. The van der Waals surface area contributed by atoms with Gasteiger partial charge in [-0.15, -0.1) is 0 Å². The van der Waals surface area contributed by atoms with E-state index in [1.54, 1.807) is 30.5 Å². The quantitative estimate of drug-likeness (QED) is 0.602. The summed E-state index contributed by atoms with van der Waals surface area (Å²) in [5, 5.41) is 22.3. The lowest BCUT2D eigenvalue weighted by Crippen LogP contribution is -2.47. The Morgan fingerprint density at radius 3 is 2.53 bits per heavy atom. The van der Waals surface area contributed by atoms with Crippen molar-refractivity contribution >= 4 is 28.9 Å². The zero-order chi connectivity index (χ0) is 22.5. The van der Waals surface area contributed by atoms with Crippen molar-refractivity contribution < 1.29 is 9.90 Å². The number of piperazine rings is 1. The number of hydrogen-bond donors (Lipinski definition) is 2. The monoisotopic (exact) mass is 449 g/mol. The first-order valence-electron chi connectivity index (χ1n) is 10.4. The number of nitrogens with one attached hydrogen (secondary N) is 1. The van der Waals surface area contributed by atoms with E-state index in [-0.39, 0.29) is 12.5 Å². The number of nitrogens with zero attached hydrogens (tertiary/aromatic N) is 4. The van der Waals surface area contributed by atoms with E-state index in [0.29, 0.717) is 28.4 Å². The van der Waals surface area contributed by atoms with Crippen molar-refractivity contribution in [2.45, 2.75) is 0 Å². The summed E-state index contributed by atoms with van der Waals surface area (Å²) in [5.74, 6) is -0.244. The van der Waals surface area contributed by atoms with Crippen molar-refractivity contribution in [2.24, 2.45) is 0 Å². The minimum absolute atomic E-state index is 0.154. The number of carbonyl (C=O) groups excluding carboxylic acids is 1. The lowest BCUT2D eigenvalue weighted by molar-refractivity contribution is 0.102. The van der Waals surface area contributed by atoms with Gasteiger partial charge in [-0.2, -0.15) is 5.26 Å². The van der Waals surface area contributed by atoms with Gasteiger partial charge < -0.3 is 19.9 Å². The Balaban J connectivity index is 1.44. The molecule has 1 aliphatic heterocycles. The second-order valence-corrected chi connectivity index (χ2v) is 8.07. The number of carbonyl (C=O) groups is 1. The van der Waals surface area contributed by atoms with Gasteiger partial charge in [0.15, 0.2) is 0 Å². The molecule has 1 aromatic heterocycles. The van der Waals surface area contributed by atoms with E-state index < -0.39 is 0 Å². The third-order valence-corrected chi connectivity index (χ3v) is 5.84. The van der Waals surface area contributed by atoms with Crippen LogP contribution in [-0.2, 0) is 0 Å². The van der Waals surface area contributed by atoms with Gasteiger partial charge in [0.05, 0.1) is 23.4 Å². The van der Waals surface area contributed by atoms with Crippen LogP contribution in [0.1, 0.15) is 15.9 Å². The summed E-state index contributed by atoms with van der Waals surface area (Å²) in [7, 11) is 0. The van der Waals surface area contributed by atoms with Crippen molar-refractivity contribution in [3.8, 4) is 11.8 Å². The molecule has 3 aromatic rings. The number of halogens is 1. The third kappa shape index (κ3) is 4.94. The molecule has 0 radical (unpaired) electrons. The normalized spacial score (nSPS) is 14.2. The van der Waals surface area contributed by atoms with Crippen LogP contribution >= 0.6 is 11.6 Å². The molecule has 2 heterocycles. The van der Waals surface area contributed by atoms with Crippen molar-refractivity contribution in [2.75, 3.05) is 49.5 Å². The van der Waals surface area contributed by atoms with E-state index in [2.05, 4.69) is 21.2 Å². The van der Waals surface area contributed by atoms with E-state index in [4.69, 9.17) is 16.7 Å². The molecule has 7 nitrogen and oxygen atoms in total. The first-order chi connectivity index (χ1) is 15.6. The van der Waals surface area contributed by atoms with Gasteiger partial charge in [-0.25, -0.2) is 0 Å². The third-order valence-electron chi connectivity index (χ3n) is 5.58. The number of hydrogen-bond acceptors (Lipinski definition) is 5. The second kappa shape index (κ2) is 9.88. The van der Waals surface area contributed by atoms with Gasteiger partial charge in [0, 0.05) is 61.5 Å². The summed E-state index contributed by atoms with van der Waals surface area (Å²) < 4.78 is 1.85. The molecule has 1 amide bonds. The van der Waals surface area contributed by atoms with Gasteiger partial charge in [0.1, 0.15) is 6.07 Å². The number of aromatic nitrogens is 1. The Kier molecular flexibility index (Phi) is 6.76. The van der Waals surface area contributed by atoms with Crippen LogP contribution in [0, 0.1) is 11.3 Å². The number of anilines is 2. The van der Waals surface area contributed by atoms with Gasteiger partial charge in [-0.05, 0) is 48.5 Å². The van der Waals surface area contributed by atoms with E-state index in [1.165, 1.54) is 0 Å². The van der Waals surface area contributed by atoms with Crippen molar-refractivity contribution in [3.63, 3.8) is 0 Å². The molecule has 4 rings (SSSR count). The molecule has 1 fully saturated rings. The maximum atomic E-state index is 12.7. The van der Waals surface area contributed by atoms with Crippen LogP contribution in [0.25, 0.3) is 5.69 Å². The molecule has 1 aliphatic rings. The Bertz CT molecular complexity index is 1130. The smallest absolute Gasteiger partial charge is 0.257 e. The molecule has 0 atom stereocenters. The summed E-state index contributed by atoms with van der Waals surface area (Å²) >= 11 is 5.94. The number of aliphatic hydroxyl groups excluding tert-OH is 1. The van der Waals surface area contributed by atoms with Crippen LogP contribution in [-0.4, -0.2) is 59.8 Å². The molecule has 0 saturated carbocycles. The fourth-order valence-electron chi connectivity index (χ4n) is 3.84. The fraction of sp³-hybridized carbons (Fsp3) is 0.250. The maximum Gasteiger partial charge on any atom is 0.257 e. The number of benzene rings is 2. The van der Waals surface area contributed by atoms with E-state index in [0.717, 1.165) is 37.6 Å². The molecular weight excluding hydrogens is 426 g/mol. The average molecular weight is 450 g/mol. The van der Waals surface area contributed by atoms with Gasteiger partial charge in [-0.3, -0.25) is 9.69 Å². The van der Waals surface area contributed by atoms with Crippen LogP contribution in [0.4, 0.5) is 11.4 Å². The highest BCUT2D eigenvalue weighted by Crippen LogP contribution is 2.25. The van der Waals surface area contributed by atoms with Crippen LogP contribution in [0.3, 0.4) is 0 Å². The number of amides is 1. The zero-order valence-electron chi connectivity index (χ0n) is 17.5. The van der Waals surface area contributed by atoms with Crippen LogP contribution in [0.15, 0.2) is 60.9 Å². The molecule has 2 N–H and O–H groups in total. The zero-order valence-corrected chi connectivity index (χ0v) is 18.3. The average Bonchev–Trinajstić information content (AvgIpc) is 3.31. The minimum atomic E-state index is -0.244. The van der Waals surface area contributed by atoms with Crippen LogP contribution < -0.4 is 10.2 Å². The molecular formula is C24H24ClN5O2. The topological polar surface area (TPSA) is 84.5 Å². The van der Waals surface area contributed by atoms with E-state index in [1.807, 2.05) is 35.0 Å². The second-order valence-electron chi connectivity index (χ2n) is 7.63. The molecule has 0 unspecified atom stereocenters. The molecule has 0 aliphatic carbocycles. The Labute approximate surface area is 192 Å². The van der Waals surface area contributed by atoms with Crippen molar-refractivity contribution in [3.05, 3.63) is 77.1 Å². The number of aliphatic hydroxyl groups is 1. The highest BCUT2D eigenvalue weighted by atomic mass is 35.5. The van der Waals surface area contributed by atoms with E-state index >= 15 is 0 Å². The van der Waals surface area contributed by atoms with Gasteiger partial charge in [-0.1, -0.05) is 11.6 Å². The summed E-state index contributed by atoms with van der Waals surface area (Å²) in [6, 6.07) is 16.8. The molecule has 2 aromatic carbocycles. The lowest BCUT2D eigenvalue weighted by Gasteiger charge is -2.36. The highest BCUT2D eigenvalue weighted by molar-refractivity contribution is 6.30. The predicted molar refractivity (Wildman–Crippen MR) is 126 cm³/mol. The van der Waals surface area contributed by atoms with E-state index in [9.17, 15) is 10.1 Å². The Morgan fingerprint density at radius 1 is 1.09 bits per heavy atom. The molecule has 1 saturated heterocycles. The summed E-state index contributed by atoms with van der Waals surface area (Å²) in [4.78, 5) is 17.1. The largest absolute Gasteiger partial charge is 0.395 e. The predicted octanol–water partition coefficient (Wildman–Crippen LogP) is 3.37. The number of β-amino-alcohol motifs (C(OH)–C–C–N with tert-alkyl or cyclic N) is 1. The van der Waals surface area contributed by atoms with Gasteiger partial charge in [0.25, 0.3) is 5.91 Å². The summed E-state index contributed by atoms with van der Waals surface area (Å²) in [6.07, 6.45) is 3.57. The first-order valence-corrected chi connectivity index (χ1v) is 10.8. The minimum Gasteiger partial charge on any atom is -0.395 e. The van der Waals surface area contributed by atoms with Crippen molar-refractivity contribution in [1.82, 2.24) is 9.47 Å². The van der Waals surface area contributed by atoms with Crippen LogP contribution in [0.5, 0.6) is 0 Å². The number of rotatable bonds is 6. The fourth-order valence-corrected chi connectivity index (χ4v) is 3.97. The van der Waals surface area contributed by atoms with Gasteiger partial charge >= 0.3 is 0 Å². The molecule has 32 heavy (non-hydrogen) atoms. The molecule has 8 heteroatoms. The Hall–Kier alpha value is -3.31. The lowest BCUT2D eigenvalue weighted by atomic mass is 10.1. The van der Waals surface area contributed by atoms with Gasteiger partial charge in [0.2, 0.25) is 0 Å². The standard InChI is InChI=1S/C24H24ClN5O2/c25-20-1-4-22(5-2-20)30-8-7-18(17-30)24(32)27-21-3-6-23(19(15-21)16-26)29-11-9-28(10-12-29)13-14-31/h1-8,15,17,31H,9-14H2,(H,27,32). The molecule has 0 spiro atoms.